The maximum atomic E-state index is 11.4. The molecule has 0 amide bonds. The van der Waals surface area contributed by atoms with Gasteiger partial charge in [0.05, 0.1) is 11.5 Å². The number of aromatic nitrogens is 3. The third kappa shape index (κ3) is 3.04. The van der Waals surface area contributed by atoms with Crippen LogP contribution in [0.15, 0.2) is 28.9 Å². The lowest BCUT2D eigenvalue weighted by Gasteiger charge is -2.19. The second-order valence-corrected chi connectivity index (χ2v) is 7.33. The Morgan fingerprint density at radius 2 is 2.05 bits per heavy atom. The van der Waals surface area contributed by atoms with Crippen LogP contribution in [-0.4, -0.2) is 35.0 Å². The quantitative estimate of drug-likeness (QED) is 0.852. The molecule has 106 valence electrons. The summed E-state index contributed by atoms with van der Waals surface area (Å²) in [4.78, 5) is 8.49. The molecule has 1 aliphatic heterocycles. The number of hydrogen-bond acceptors (Lipinski definition) is 6. The highest BCUT2D eigenvalue weighted by molar-refractivity contribution is 7.91. The first-order valence-corrected chi connectivity index (χ1v) is 8.39. The third-order valence-electron chi connectivity index (χ3n) is 3.50. The molecule has 0 saturated carbocycles. The van der Waals surface area contributed by atoms with Gasteiger partial charge in [0.15, 0.2) is 0 Å². The normalized spacial score (nSPS) is 19.0. The van der Waals surface area contributed by atoms with E-state index >= 15 is 0 Å². The van der Waals surface area contributed by atoms with E-state index in [9.17, 15) is 8.42 Å². The molecule has 20 heavy (non-hydrogen) atoms. The van der Waals surface area contributed by atoms with Crippen molar-refractivity contribution in [1.29, 1.82) is 0 Å². The Bertz CT molecular complexity index is 668. The second kappa shape index (κ2) is 5.32. The summed E-state index contributed by atoms with van der Waals surface area (Å²) in [5, 5.41) is 3.91. The van der Waals surface area contributed by atoms with Crippen LogP contribution in [0.2, 0.25) is 0 Å². The number of sulfone groups is 1. The van der Waals surface area contributed by atoms with E-state index in [1.807, 2.05) is 18.2 Å². The zero-order valence-electron chi connectivity index (χ0n) is 10.9. The summed E-state index contributed by atoms with van der Waals surface area (Å²) >= 11 is 0. The van der Waals surface area contributed by atoms with Crippen molar-refractivity contribution in [3.05, 3.63) is 30.3 Å². The zero-order chi connectivity index (χ0) is 14.0. The SMILES string of the molecule is O=S1(=O)CCC(Cc2nc(-c3ccccn3)no2)CC1. The van der Waals surface area contributed by atoms with Gasteiger partial charge in [0.25, 0.3) is 0 Å². The Morgan fingerprint density at radius 3 is 2.75 bits per heavy atom. The van der Waals surface area contributed by atoms with E-state index in [1.54, 1.807) is 6.20 Å². The Labute approximate surface area is 117 Å². The van der Waals surface area contributed by atoms with Gasteiger partial charge in [0.2, 0.25) is 11.7 Å². The Hall–Kier alpha value is -1.76. The van der Waals surface area contributed by atoms with E-state index in [4.69, 9.17) is 4.52 Å². The zero-order valence-corrected chi connectivity index (χ0v) is 11.7. The van der Waals surface area contributed by atoms with Gasteiger partial charge in [-0.3, -0.25) is 4.98 Å². The number of rotatable bonds is 3. The fourth-order valence-electron chi connectivity index (χ4n) is 2.33. The summed E-state index contributed by atoms with van der Waals surface area (Å²) in [5.41, 5.74) is 0.675. The molecule has 1 saturated heterocycles. The smallest absolute Gasteiger partial charge is 0.227 e. The maximum Gasteiger partial charge on any atom is 0.227 e. The van der Waals surface area contributed by atoms with Gasteiger partial charge < -0.3 is 4.52 Å². The molecule has 0 N–H and O–H groups in total. The average Bonchev–Trinajstić information content (AvgIpc) is 2.91. The van der Waals surface area contributed by atoms with Crippen molar-refractivity contribution in [2.45, 2.75) is 19.3 Å². The van der Waals surface area contributed by atoms with Crippen molar-refractivity contribution >= 4 is 9.84 Å². The number of pyridine rings is 1. The molecule has 2 aromatic rings. The first kappa shape index (κ1) is 13.2. The fourth-order valence-corrected chi connectivity index (χ4v) is 3.92. The van der Waals surface area contributed by atoms with Crippen molar-refractivity contribution < 1.29 is 12.9 Å². The fraction of sp³-hybridized carbons (Fsp3) is 0.462. The van der Waals surface area contributed by atoms with Gasteiger partial charge in [0, 0.05) is 12.6 Å². The van der Waals surface area contributed by atoms with E-state index in [0.29, 0.717) is 42.6 Å². The Balaban J connectivity index is 1.66. The van der Waals surface area contributed by atoms with Gasteiger partial charge >= 0.3 is 0 Å². The molecule has 0 atom stereocenters. The van der Waals surface area contributed by atoms with Gasteiger partial charge in [0.1, 0.15) is 15.5 Å². The minimum absolute atomic E-state index is 0.263. The molecule has 0 aromatic carbocycles. The summed E-state index contributed by atoms with van der Waals surface area (Å²) in [6, 6.07) is 5.51. The standard InChI is InChI=1S/C13H15N3O3S/c17-20(18)7-4-10(5-8-20)9-12-15-13(16-19-12)11-3-1-2-6-14-11/h1-3,6,10H,4-5,7-9H2. The highest BCUT2D eigenvalue weighted by Crippen LogP contribution is 2.23. The molecular formula is C13H15N3O3S. The van der Waals surface area contributed by atoms with Crippen LogP contribution in [0.1, 0.15) is 18.7 Å². The molecule has 6 nitrogen and oxygen atoms in total. The van der Waals surface area contributed by atoms with E-state index in [-0.39, 0.29) is 11.5 Å². The van der Waals surface area contributed by atoms with E-state index in [1.165, 1.54) is 0 Å². The molecule has 0 spiro atoms. The Morgan fingerprint density at radius 1 is 1.25 bits per heavy atom. The van der Waals surface area contributed by atoms with Gasteiger partial charge in [-0.05, 0) is 30.9 Å². The predicted molar refractivity (Wildman–Crippen MR) is 72.6 cm³/mol. The van der Waals surface area contributed by atoms with Crippen LogP contribution in [0.25, 0.3) is 11.5 Å². The first-order valence-electron chi connectivity index (χ1n) is 6.57. The van der Waals surface area contributed by atoms with E-state index in [2.05, 4.69) is 15.1 Å². The molecule has 3 rings (SSSR count). The predicted octanol–water partition coefficient (Wildman–Crippen LogP) is 1.50. The second-order valence-electron chi connectivity index (χ2n) is 5.03. The van der Waals surface area contributed by atoms with Crippen LogP contribution >= 0.6 is 0 Å². The van der Waals surface area contributed by atoms with Crippen molar-refractivity contribution in [3.8, 4) is 11.5 Å². The largest absolute Gasteiger partial charge is 0.339 e. The summed E-state index contributed by atoms with van der Waals surface area (Å²) in [6.45, 7) is 0. The first-order chi connectivity index (χ1) is 9.62. The highest BCUT2D eigenvalue weighted by Gasteiger charge is 2.25. The van der Waals surface area contributed by atoms with Gasteiger partial charge in [-0.1, -0.05) is 11.2 Å². The van der Waals surface area contributed by atoms with Crippen LogP contribution in [0.3, 0.4) is 0 Å². The third-order valence-corrected chi connectivity index (χ3v) is 5.22. The molecule has 0 bridgehead atoms. The summed E-state index contributed by atoms with van der Waals surface area (Å²) in [5.74, 6) is 1.85. The van der Waals surface area contributed by atoms with Gasteiger partial charge in [-0.2, -0.15) is 4.98 Å². The van der Waals surface area contributed by atoms with Crippen LogP contribution in [-0.2, 0) is 16.3 Å². The molecule has 3 heterocycles. The van der Waals surface area contributed by atoms with Crippen molar-refractivity contribution in [2.24, 2.45) is 5.92 Å². The lowest BCUT2D eigenvalue weighted by Crippen LogP contribution is -2.24. The van der Waals surface area contributed by atoms with Crippen LogP contribution in [0.4, 0.5) is 0 Å². The lowest BCUT2D eigenvalue weighted by molar-refractivity contribution is 0.342. The molecule has 0 unspecified atom stereocenters. The van der Waals surface area contributed by atoms with Crippen LogP contribution in [0, 0.1) is 5.92 Å². The van der Waals surface area contributed by atoms with Crippen molar-refractivity contribution in [1.82, 2.24) is 15.1 Å². The van der Waals surface area contributed by atoms with Crippen molar-refractivity contribution in [2.75, 3.05) is 11.5 Å². The van der Waals surface area contributed by atoms with E-state index in [0.717, 1.165) is 0 Å². The highest BCUT2D eigenvalue weighted by atomic mass is 32.2. The molecular weight excluding hydrogens is 278 g/mol. The average molecular weight is 293 g/mol. The van der Waals surface area contributed by atoms with Gasteiger partial charge in [-0.15, -0.1) is 0 Å². The topological polar surface area (TPSA) is 86.0 Å². The molecule has 0 radical (unpaired) electrons. The molecule has 7 heteroatoms. The van der Waals surface area contributed by atoms with Crippen molar-refractivity contribution in [3.63, 3.8) is 0 Å². The van der Waals surface area contributed by atoms with Gasteiger partial charge in [-0.25, -0.2) is 8.42 Å². The molecule has 1 fully saturated rings. The van der Waals surface area contributed by atoms with Crippen LogP contribution < -0.4 is 0 Å². The lowest BCUT2D eigenvalue weighted by atomic mass is 9.99. The summed E-state index contributed by atoms with van der Waals surface area (Å²) < 4.78 is 28.0. The number of nitrogens with zero attached hydrogens (tertiary/aromatic N) is 3. The summed E-state index contributed by atoms with van der Waals surface area (Å²) in [6.07, 6.45) is 3.65. The minimum Gasteiger partial charge on any atom is -0.339 e. The minimum atomic E-state index is -2.82. The molecule has 2 aromatic heterocycles. The molecule has 0 aliphatic carbocycles. The summed E-state index contributed by atoms with van der Waals surface area (Å²) in [7, 11) is -2.82. The van der Waals surface area contributed by atoms with Crippen LogP contribution in [0.5, 0.6) is 0 Å². The Kier molecular flexibility index (Phi) is 3.52. The van der Waals surface area contributed by atoms with E-state index < -0.39 is 9.84 Å². The number of hydrogen-bond donors (Lipinski definition) is 0. The molecule has 1 aliphatic rings. The monoisotopic (exact) mass is 293 g/mol. The maximum absolute atomic E-state index is 11.4.